The van der Waals surface area contributed by atoms with E-state index in [1.54, 1.807) is 49.4 Å². The van der Waals surface area contributed by atoms with E-state index in [2.05, 4.69) is 15.9 Å². The maximum atomic E-state index is 12.1. The second kappa shape index (κ2) is 7.62. The van der Waals surface area contributed by atoms with Crippen LogP contribution in [0.25, 0.3) is 0 Å². The summed E-state index contributed by atoms with van der Waals surface area (Å²) in [5, 5.41) is 0.560. The summed E-state index contributed by atoms with van der Waals surface area (Å²) in [5.41, 5.74) is 0.555. The minimum absolute atomic E-state index is 0.0489. The number of halogens is 2. The summed E-state index contributed by atoms with van der Waals surface area (Å²) in [5.74, 6) is 0.256. The predicted octanol–water partition coefficient (Wildman–Crippen LogP) is 4.68. The van der Waals surface area contributed by atoms with E-state index in [1.165, 1.54) is 6.92 Å². The fourth-order valence-corrected chi connectivity index (χ4v) is 2.54. The SMILES string of the molecule is CC(=O)c1ccc(OC(=O)C(C)Oc2ccc(Cl)cc2Br)cc1. The van der Waals surface area contributed by atoms with Crippen molar-refractivity contribution < 1.29 is 19.1 Å². The van der Waals surface area contributed by atoms with Gasteiger partial charge in [-0.3, -0.25) is 4.79 Å². The van der Waals surface area contributed by atoms with Gasteiger partial charge in [0.2, 0.25) is 0 Å². The highest BCUT2D eigenvalue weighted by Crippen LogP contribution is 2.29. The number of ether oxygens (including phenoxy) is 2. The summed E-state index contributed by atoms with van der Waals surface area (Å²) < 4.78 is 11.4. The van der Waals surface area contributed by atoms with E-state index in [-0.39, 0.29) is 5.78 Å². The molecule has 120 valence electrons. The van der Waals surface area contributed by atoms with Gasteiger partial charge in [-0.2, -0.15) is 0 Å². The van der Waals surface area contributed by atoms with Crippen LogP contribution in [0.3, 0.4) is 0 Å². The predicted molar refractivity (Wildman–Crippen MR) is 91.3 cm³/mol. The van der Waals surface area contributed by atoms with Gasteiger partial charge >= 0.3 is 5.97 Å². The highest BCUT2D eigenvalue weighted by atomic mass is 79.9. The van der Waals surface area contributed by atoms with Crippen LogP contribution in [0.2, 0.25) is 5.02 Å². The summed E-state index contributed by atoms with van der Waals surface area (Å²) in [4.78, 5) is 23.3. The monoisotopic (exact) mass is 396 g/mol. The first-order valence-electron chi connectivity index (χ1n) is 6.81. The highest BCUT2D eigenvalue weighted by molar-refractivity contribution is 9.10. The third-order valence-corrected chi connectivity index (χ3v) is 3.86. The topological polar surface area (TPSA) is 52.6 Å². The largest absolute Gasteiger partial charge is 0.478 e. The van der Waals surface area contributed by atoms with E-state index in [0.717, 1.165) is 0 Å². The van der Waals surface area contributed by atoms with Crippen molar-refractivity contribution in [3.8, 4) is 11.5 Å². The molecule has 0 aliphatic heterocycles. The summed E-state index contributed by atoms with van der Waals surface area (Å²) >= 11 is 9.18. The fraction of sp³-hybridized carbons (Fsp3) is 0.176. The minimum Gasteiger partial charge on any atom is -0.478 e. The van der Waals surface area contributed by atoms with Crippen molar-refractivity contribution in [3.05, 3.63) is 57.5 Å². The lowest BCUT2D eigenvalue weighted by molar-refractivity contribution is -0.141. The average molecular weight is 398 g/mol. The maximum absolute atomic E-state index is 12.1. The van der Waals surface area contributed by atoms with Gasteiger partial charge in [-0.05, 0) is 72.2 Å². The first kappa shape index (κ1) is 17.5. The quantitative estimate of drug-likeness (QED) is 0.418. The summed E-state index contributed by atoms with van der Waals surface area (Å²) in [6.07, 6.45) is -0.806. The van der Waals surface area contributed by atoms with Crippen LogP contribution in [-0.4, -0.2) is 17.9 Å². The van der Waals surface area contributed by atoms with Gasteiger partial charge in [0.1, 0.15) is 11.5 Å². The Labute approximate surface area is 147 Å². The van der Waals surface area contributed by atoms with Crippen molar-refractivity contribution in [3.63, 3.8) is 0 Å². The first-order valence-corrected chi connectivity index (χ1v) is 7.98. The van der Waals surface area contributed by atoms with Crippen LogP contribution in [-0.2, 0) is 4.79 Å². The lowest BCUT2D eigenvalue weighted by Crippen LogP contribution is -2.28. The molecule has 0 saturated carbocycles. The van der Waals surface area contributed by atoms with Gasteiger partial charge in [0, 0.05) is 10.6 Å². The Balaban J connectivity index is 2.00. The number of rotatable bonds is 5. The fourth-order valence-electron chi connectivity index (χ4n) is 1.77. The number of benzene rings is 2. The van der Waals surface area contributed by atoms with Crippen LogP contribution in [0, 0.1) is 0 Å². The molecule has 0 bridgehead atoms. The molecule has 0 saturated heterocycles. The van der Waals surface area contributed by atoms with E-state index in [0.29, 0.717) is 26.6 Å². The number of hydrogen-bond acceptors (Lipinski definition) is 4. The molecular weight excluding hydrogens is 384 g/mol. The van der Waals surface area contributed by atoms with Gasteiger partial charge in [0.05, 0.1) is 4.47 Å². The van der Waals surface area contributed by atoms with Crippen LogP contribution in [0.5, 0.6) is 11.5 Å². The molecule has 0 aliphatic carbocycles. The van der Waals surface area contributed by atoms with Crippen molar-refractivity contribution >= 4 is 39.3 Å². The normalized spacial score (nSPS) is 11.7. The van der Waals surface area contributed by atoms with Crippen LogP contribution in [0.15, 0.2) is 46.9 Å². The molecule has 2 aromatic carbocycles. The highest BCUT2D eigenvalue weighted by Gasteiger charge is 2.18. The molecule has 1 atom stereocenters. The Bertz CT molecular complexity index is 728. The zero-order valence-corrected chi connectivity index (χ0v) is 14.8. The summed E-state index contributed by atoms with van der Waals surface area (Å²) in [6, 6.07) is 11.4. The van der Waals surface area contributed by atoms with Gasteiger partial charge in [-0.1, -0.05) is 11.6 Å². The number of Topliss-reactive ketones (excluding diaryl/α,β-unsaturated/α-hetero) is 1. The molecule has 2 aromatic rings. The van der Waals surface area contributed by atoms with Gasteiger partial charge in [-0.25, -0.2) is 4.79 Å². The van der Waals surface area contributed by atoms with Crippen LogP contribution in [0.4, 0.5) is 0 Å². The Morgan fingerprint density at radius 2 is 1.78 bits per heavy atom. The Hall–Kier alpha value is -1.85. The second-order valence-corrected chi connectivity index (χ2v) is 6.13. The van der Waals surface area contributed by atoms with Crippen LogP contribution >= 0.6 is 27.5 Å². The van der Waals surface area contributed by atoms with Gasteiger partial charge in [-0.15, -0.1) is 0 Å². The summed E-state index contributed by atoms with van der Waals surface area (Å²) in [6.45, 7) is 3.06. The average Bonchev–Trinajstić information content (AvgIpc) is 2.50. The molecule has 0 aliphatic rings. The first-order chi connectivity index (χ1) is 10.9. The van der Waals surface area contributed by atoms with Gasteiger partial charge in [0.25, 0.3) is 0 Å². The lowest BCUT2D eigenvalue weighted by Gasteiger charge is -2.15. The van der Waals surface area contributed by atoms with Gasteiger partial charge in [0.15, 0.2) is 11.9 Å². The van der Waals surface area contributed by atoms with Crippen LogP contribution < -0.4 is 9.47 Å². The number of carbonyl (C=O) groups excluding carboxylic acids is 2. The molecule has 0 amide bonds. The zero-order valence-electron chi connectivity index (χ0n) is 12.5. The minimum atomic E-state index is -0.806. The lowest BCUT2D eigenvalue weighted by atomic mass is 10.1. The number of carbonyl (C=O) groups is 2. The molecule has 0 N–H and O–H groups in total. The Morgan fingerprint density at radius 3 is 2.35 bits per heavy atom. The van der Waals surface area contributed by atoms with E-state index < -0.39 is 12.1 Å². The number of hydrogen-bond donors (Lipinski definition) is 0. The summed E-state index contributed by atoms with van der Waals surface area (Å²) in [7, 11) is 0. The molecule has 2 rings (SSSR count). The van der Waals surface area contributed by atoms with Crippen LogP contribution in [0.1, 0.15) is 24.2 Å². The molecule has 0 radical (unpaired) electrons. The molecule has 0 heterocycles. The molecule has 4 nitrogen and oxygen atoms in total. The zero-order chi connectivity index (χ0) is 17.0. The second-order valence-electron chi connectivity index (χ2n) is 4.84. The van der Waals surface area contributed by atoms with Crippen molar-refractivity contribution in [2.45, 2.75) is 20.0 Å². The molecule has 0 spiro atoms. The Kier molecular flexibility index (Phi) is 5.80. The van der Waals surface area contributed by atoms with E-state index >= 15 is 0 Å². The van der Waals surface area contributed by atoms with Crippen molar-refractivity contribution in [1.29, 1.82) is 0 Å². The Morgan fingerprint density at radius 1 is 1.13 bits per heavy atom. The standard InChI is InChI=1S/C17H14BrClO4/c1-10(20)12-3-6-14(7-4-12)23-17(21)11(2)22-16-8-5-13(19)9-15(16)18/h3-9,11H,1-2H3. The van der Waals surface area contributed by atoms with Crippen molar-refractivity contribution in [2.24, 2.45) is 0 Å². The molecule has 6 heteroatoms. The molecule has 1 unspecified atom stereocenters. The van der Waals surface area contributed by atoms with E-state index in [9.17, 15) is 9.59 Å². The molecule has 0 fully saturated rings. The van der Waals surface area contributed by atoms with Crippen molar-refractivity contribution in [2.75, 3.05) is 0 Å². The van der Waals surface area contributed by atoms with E-state index in [4.69, 9.17) is 21.1 Å². The molecule has 23 heavy (non-hydrogen) atoms. The number of esters is 1. The number of ketones is 1. The third-order valence-electron chi connectivity index (χ3n) is 3.01. The smallest absolute Gasteiger partial charge is 0.352 e. The maximum Gasteiger partial charge on any atom is 0.352 e. The molecular formula is C17H14BrClO4. The third kappa shape index (κ3) is 4.81. The van der Waals surface area contributed by atoms with E-state index in [1.807, 2.05) is 0 Å². The molecule has 0 aromatic heterocycles. The van der Waals surface area contributed by atoms with Gasteiger partial charge < -0.3 is 9.47 Å². The van der Waals surface area contributed by atoms with Crippen molar-refractivity contribution in [1.82, 2.24) is 0 Å².